The minimum absolute atomic E-state index is 0.121. The van der Waals surface area contributed by atoms with Crippen molar-refractivity contribution in [2.45, 2.75) is 33.6 Å². The molecule has 0 radical (unpaired) electrons. The highest BCUT2D eigenvalue weighted by molar-refractivity contribution is 7.21. The van der Waals surface area contributed by atoms with Crippen LogP contribution in [0.2, 0.25) is 0 Å². The van der Waals surface area contributed by atoms with E-state index in [9.17, 15) is 9.59 Å². The van der Waals surface area contributed by atoms with Crippen LogP contribution >= 0.6 is 11.3 Å². The molecule has 2 aromatic heterocycles. The van der Waals surface area contributed by atoms with E-state index in [2.05, 4.69) is 37.1 Å². The fourth-order valence-electron chi connectivity index (χ4n) is 4.49. The lowest BCUT2D eigenvalue weighted by Gasteiger charge is -2.21. The summed E-state index contributed by atoms with van der Waals surface area (Å²) in [6.45, 7) is 8.99. The van der Waals surface area contributed by atoms with Crippen LogP contribution in [0.15, 0.2) is 40.8 Å². The fourth-order valence-corrected chi connectivity index (χ4v) is 5.61. The molecule has 0 saturated carbocycles. The molecule has 0 saturated heterocycles. The summed E-state index contributed by atoms with van der Waals surface area (Å²) in [6, 6.07) is 11.8. The van der Waals surface area contributed by atoms with Gasteiger partial charge >= 0.3 is 0 Å². The zero-order valence-electron chi connectivity index (χ0n) is 18.6. The molecule has 5 nitrogen and oxygen atoms in total. The largest absolute Gasteiger partial charge is 0.452 e. The van der Waals surface area contributed by atoms with Crippen molar-refractivity contribution in [1.29, 1.82) is 0 Å². The second-order valence-electron chi connectivity index (χ2n) is 8.11. The predicted octanol–water partition coefficient (Wildman–Crippen LogP) is 6.48. The molecule has 0 aliphatic heterocycles. The first-order valence-electron chi connectivity index (χ1n) is 11.3. The lowest BCUT2D eigenvalue weighted by Crippen LogP contribution is -2.21. The third kappa shape index (κ3) is 3.13. The molecule has 0 bridgehead atoms. The number of nitrogens with zero attached hydrogens (tertiary/aromatic N) is 1. The van der Waals surface area contributed by atoms with E-state index >= 15 is 0 Å². The van der Waals surface area contributed by atoms with E-state index in [1.54, 1.807) is 0 Å². The Hall–Kier alpha value is -3.12. The summed E-state index contributed by atoms with van der Waals surface area (Å²) in [5.41, 5.74) is 3.44. The van der Waals surface area contributed by atoms with Gasteiger partial charge in [0.25, 0.3) is 0 Å². The van der Waals surface area contributed by atoms with Crippen LogP contribution in [0.5, 0.6) is 0 Å². The normalized spacial score (nSPS) is 13.0. The van der Waals surface area contributed by atoms with Gasteiger partial charge in [-0.15, -0.1) is 11.3 Å². The maximum Gasteiger partial charge on any atom is 0.231 e. The molecule has 32 heavy (non-hydrogen) atoms. The van der Waals surface area contributed by atoms with E-state index in [1.165, 1.54) is 11.3 Å². The molecule has 5 rings (SSSR count). The molecule has 0 atom stereocenters. The number of ketones is 2. The second kappa shape index (κ2) is 8.10. The number of carbonyl (C=O) groups is 2. The predicted molar refractivity (Wildman–Crippen MR) is 132 cm³/mol. The number of rotatable bonds is 7. The Kier molecular flexibility index (Phi) is 5.25. The summed E-state index contributed by atoms with van der Waals surface area (Å²) in [5.74, 6) is -0.157. The summed E-state index contributed by atoms with van der Waals surface area (Å²) in [7, 11) is 0. The van der Waals surface area contributed by atoms with Crippen LogP contribution in [0.25, 0.3) is 21.1 Å². The van der Waals surface area contributed by atoms with Crippen LogP contribution in [0.3, 0.4) is 0 Å². The molecule has 4 aromatic rings. The minimum Gasteiger partial charge on any atom is -0.452 e. The van der Waals surface area contributed by atoms with Gasteiger partial charge in [0.2, 0.25) is 11.6 Å². The van der Waals surface area contributed by atoms with Gasteiger partial charge in [-0.3, -0.25) is 9.59 Å². The van der Waals surface area contributed by atoms with Crippen LogP contribution < -0.4 is 10.2 Å². The van der Waals surface area contributed by atoms with Crippen LogP contribution in [0.1, 0.15) is 65.0 Å². The summed E-state index contributed by atoms with van der Waals surface area (Å²) >= 11 is 1.40. The van der Waals surface area contributed by atoms with Gasteiger partial charge in [0.1, 0.15) is 5.58 Å². The number of hydrogen-bond acceptors (Lipinski definition) is 6. The minimum atomic E-state index is -0.200. The molecular weight excluding hydrogens is 420 g/mol. The number of unbranched alkanes of at least 4 members (excludes halogenated alkanes) is 1. The third-order valence-corrected chi connectivity index (χ3v) is 7.38. The van der Waals surface area contributed by atoms with Crippen LogP contribution in [-0.4, -0.2) is 31.2 Å². The van der Waals surface area contributed by atoms with E-state index in [4.69, 9.17) is 4.42 Å². The molecule has 1 N–H and O–H groups in total. The summed E-state index contributed by atoms with van der Waals surface area (Å²) in [5, 5.41) is 4.92. The highest BCUT2D eigenvalue weighted by Crippen LogP contribution is 2.43. The number of anilines is 2. The maximum atomic E-state index is 13.6. The Morgan fingerprint density at radius 1 is 0.938 bits per heavy atom. The number of thiophene rings is 1. The molecule has 1 aliphatic carbocycles. The zero-order chi connectivity index (χ0) is 22.4. The SMILES string of the molecule is CCCCNc1ccc2oc3c(c2c1)C(=O)c1sc2ccc(N(CC)CC)cc2c1C3=O. The highest BCUT2D eigenvalue weighted by atomic mass is 32.1. The van der Waals surface area contributed by atoms with Gasteiger partial charge in [-0.1, -0.05) is 13.3 Å². The quantitative estimate of drug-likeness (QED) is 0.290. The Labute approximate surface area is 191 Å². The molecule has 2 aromatic carbocycles. The van der Waals surface area contributed by atoms with Crippen LogP contribution in [0, 0.1) is 0 Å². The van der Waals surface area contributed by atoms with Gasteiger partial charge in [-0.25, -0.2) is 0 Å². The van der Waals surface area contributed by atoms with Gasteiger partial charge < -0.3 is 14.6 Å². The van der Waals surface area contributed by atoms with E-state index in [0.717, 1.165) is 53.9 Å². The standard InChI is InChI=1S/C26H26N2O3S/c1-4-7-12-27-15-8-10-19-17(13-15)21-24(30)26-22(23(29)25(21)31-19)18-14-16(28(5-2)6-3)9-11-20(18)32-26/h8-11,13-14,27H,4-7,12H2,1-3H3. The second-order valence-corrected chi connectivity index (χ2v) is 9.17. The highest BCUT2D eigenvalue weighted by Gasteiger charge is 2.38. The average molecular weight is 447 g/mol. The Morgan fingerprint density at radius 2 is 1.75 bits per heavy atom. The molecule has 0 fully saturated rings. The molecule has 0 spiro atoms. The summed E-state index contributed by atoms with van der Waals surface area (Å²) in [4.78, 5) is 29.9. The Balaban J connectivity index is 1.63. The average Bonchev–Trinajstić information content (AvgIpc) is 3.37. The van der Waals surface area contributed by atoms with Gasteiger partial charge in [-0.05, 0) is 56.7 Å². The molecule has 0 amide bonds. The number of nitrogens with one attached hydrogen (secondary N) is 1. The van der Waals surface area contributed by atoms with Crippen molar-refractivity contribution in [3.63, 3.8) is 0 Å². The van der Waals surface area contributed by atoms with Gasteiger partial charge in [0.15, 0.2) is 5.76 Å². The van der Waals surface area contributed by atoms with Crippen LogP contribution in [0.4, 0.5) is 11.4 Å². The van der Waals surface area contributed by atoms with Crippen molar-refractivity contribution in [3.8, 4) is 0 Å². The van der Waals surface area contributed by atoms with Crippen molar-refractivity contribution < 1.29 is 14.0 Å². The molecule has 0 unspecified atom stereocenters. The van der Waals surface area contributed by atoms with Gasteiger partial charge in [0, 0.05) is 46.5 Å². The number of hydrogen-bond donors (Lipinski definition) is 1. The lowest BCUT2D eigenvalue weighted by molar-refractivity contribution is 0.0966. The van der Waals surface area contributed by atoms with Crippen molar-refractivity contribution in [2.75, 3.05) is 29.9 Å². The maximum absolute atomic E-state index is 13.6. The van der Waals surface area contributed by atoms with E-state index in [0.29, 0.717) is 27.0 Å². The Bertz CT molecular complexity index is 1360. The van der Waals surface area contributed by atoms with Gasteiger partial charge in [-0.2, -0.15) is 0 Å². The zero-order valence-corrected chi connectivity index (χ0v) is 19.4. The first kappa shape index (κ1) is 20.8. The van der Waals surface area contributed by atoms with Gasteiger partial charge in [0.05, 0.1) is 16.0 Å². The lowest BCUT2D eigenvalue weighted by atomic mass is 9.91. The number of benzene rings is 2. The first-order valence-corrected chi connectivity index (χ1v) is 12.1. The van der Waals surface area contributed by atoms with Crippen LogP contribution in [-0.2, 0) is 0 Å². The van der Waals surface area contributed by atoms with Crippen molar-refractivity contribution in [3.05, 3.63) is 58.2 Å². The summed E-state index contributed by atoms with van der Waals surface area (Å²) < 4.78 is 6.89. The van der Waals surface area contributed by atoms with Crippen molar-refractivity contribution in [1.82, 2.24) is 0 Å². The first-order chi connectivity index (χ1) is 15.6. The monoisotopic (exact) mass is 446 g/mol. The van der Waals surface area contributed by atoms with E-state index < -0.39 is 0 Å². The molecule has 6 heteroatoms. The van der Waals surface area contributed by atoms with Crippen molar-refractivity contribution in [2.24, 2.45) is 0 Å². The smallest absolute Gasteiger partial charge is 0.231 e. The fraction of sp³-hybridized carbons (Fsp3) is 0.308. The summed E-state index contributed by atoms with van der Waals surface area (Å²) in [6.07, 6.45) is 2.17. The molecule has 2 heterocycles. The molecular formula is C26H26N2O3S. The number of furan rings is 1. The number of carbonyl (C=O) groups excluding carboxylic acids is 2. The van der Waals surface area contributed by atoms with Crippen molar-refractivity contribution >= 4 is 55.3 Å². The van der Waals surface area contributed by atoms with E-state index in [-0.39, 0.29) is 17.3 Å². The molecule has 1 aliphatic rings. The molecule has 164 valence electrons. The van der Waals surface area contributed by atoms with E-state index in [1.807, 2.05) is 30.3 Å². The Morgan fingerprint density at radius 3 is 2.50 bits per heavy atom. The topological polar surface area (TPSA) is 62.6 Å². The number of fused-ring (bicyclic) bond motifs is 6. The third-order valence-electron chi connectivity index (χ3n) is 6.21.